The molecule has 2 aliphatic heterocycles. The topological polar surface area (TPSA) is 40.6 Å². The van der Waals surface area contributed by atoms with Crippen molar-refractivity contribution in [1.82, 2.24) is 4.90 Å². The van der Waals surface area contributed by atoms with Crippen molar-refractivity contribution >= 4 is 17.5 Å². The van der Waals surface area contributed by atoms with Crippen LogP contribution in [0.5, 0.6) is 0 Å². The number of para-hydroxylation sites is 1. The third-order valence-electron chi connectivity index (χ3n) is 3.84. The number of anilines is 1. The summed E-state index contributed by atoms with van der Waals surface area (Å²) in [5.41, 5.74) is 2.24. The first-order valence-electron chi connectivity index (χ1n) is 6.30. The molecule has 94 valence electrons. The van der Waals surface area contributed by atoms with E-state index >= 15 is 0 Å². The SMILES string of the molecule is CN1C[C@H](C(=O)N2CCc3ccccc32)CC1=O. The Labute approximate surface area is 106 Å². The molecular weight excluding hydrogens is 228 g/mol. The minimum Gasteiger partial charge on any atom is -0.345 e. The number of hydrogen-bond acceptors (Lipinski definition) is 2. The second-order valence-corrected chi connectivity index (χ2v) is 5.04. The minimum atomic E-state index is -0.173. The zero-order chi connectivity index (χ0) is 12.7. The van der Waals surface area contributed by atoms with Gasteiger partial charge in [0, 0.05) is 32.2 Å². The number of nitrogens with zero attached hydrogens (tertiary/aromatic N) is 2. The van der Waals surface area contributed by atoms with Gasteiger partial charge in [-0.15, -0.1) is 0 Å². The molecule has 3 rings (SSSR count). The van der Waals surface area contributed by atoms with Crippen molar-refractivity contribution in [3.05, 3.63) is 29.8 Å². The Morgan fingerprint density at radius 1 is 1.33 bits per heavy atom. The van der Waals surface area contributed by atoms with Crippen LogP contribution in [0.15, 0.2) is 24.3 Å². The van der Waals surface area contributed by atoms with Gasteiger partial charge in [0.05, 0.1) is 5.92 Å². The predicted molar refractivity (Wildman–Crippen MR) is 68.2 cm³/mol. The van der Waals surface area contributed by atoms with Gasteiger partial charge < -0.3 is 9.80 Å². The number of rotatable bonds is 1. The normalized spacial score (nSPS) is 22.5. The van der Waals surface area contributed by atoms with Crippen molar-refractivity contribution in [2.45, 2.75) is 12.8 Å². The first-order chi connectivity index (χ1) is 8.66. The standard InChI is InChI=1S/C14H16N2O2/c1-15-9-11(8-13(15)17)14(18)16-7-6-10-4-2-3-5-12(10)16/h2-5,11H,6-9H2,1H3/t11-/m1/s1. The average molecular weight is 244 g/mol. The highest BCUT2D eigenvalue weighted by molar-refractivity contribution is 6.00. The summed E-state index contributed by atoms with van der Waals surface area (Å²) in [5, 5.41) is 0. The molecule has 0 aromatic heterocycles. The van der Waals surface area contributed by atoms with E-state index in [0.29, 0.717) is 13.0 Å². The summed E-state index contributed by atoms with van der Waals surface area (Å²) in [5.74, 6) is -0.00728. The third-order valence-corrected chi connectivity index (χ3v) is 3.84. The lowest BCUT2D eigenvalue weighted by atomic mass is 10.1. The van der Waals surface area contributed by atoms with Gasteiger partial charge >= 0.3 is 0 Å². The highest BCUT2D eigenvalue weighted by atomic mass is 16.2. The van der Waals surface area contributed by atoms with Crippen LogP contribution in [-0.4, -0.2) is 36.9 Å². The first-order valence-corrected chi connectivity index (χ1v) is 6.30. The Balaban J connectivity index is 1.81. The lowest BCUT2D eigenvalue weighted by Crippen LogP contribution is -2.35. The maximum Gasteiger partial charge on any atom is 0.232 e. The summed E-state index contributed by atoms with van der Waals surface area (Å²) in [4.78, 5) is 27.4. The molecule has 1 aromatic carbocycles. The highest BCUT2D eigenvalue weighted by Gasteiger charge is 2.36. The summed E-state index contributed by atoms with van der Waals surface area (Å²) in [7, 11) is 1.76. The van der Waals surface area contributed by atoms with Crippen molar-refractivity contribution in [3.8, 4) is 0 Å². The Hall–Kier alpha value is -1.84. The smallest absolute Gasteiger partial charge is 0.232 e. The zero-order valence-electron chi connectivity index (χ0n) is 10.4. The number of hydrogen-bond donors (Lipinski definition) is 0. The molecule has 0 unspecified atom stereocenters. The molecule has 1 fully saturated rings. The molecule has 0 bridgehead atoms. The van der Waals surface area contributed by atoms with Crippen LogP contribution in [0.3, 0.4) is 0 Å². The number of benzene rings is 1. The fourth-order valence-corrected chi connectivity index (χ4v) is 2.82. The fraction of sp³-hybridized carbons (Fsp3) is 0.429. The lowest BCUT2D eigenvalue weighted by molar-refractivity contribution is -0.127. The van der Waals surface area contributed by atoms with Crippen LogP contribution in [0.4, 0.5) is 5.69 Å². The van der Waals surface area contributed by atoms with E-state index in [4.69, 9.17) is 0 Å². The second kappa shape index (κ2) is 4.12. The Kier molecular flexibility index (Phi) is 2.58. The van der Waals surface area contributed by atoms with Crippen LogP contribution >= 0.6 is 0 Å². The van der Waals surface area contributed by atoms with Crippen LogP contribution in [0.1, 0.15) is 12.0 Å². The molecule has 4 nitrogen and oxygen atoms in total. The summed E-state index contributed by atoms with van der Waals surface area (Å²) >= 11 is 0. The van der Waals surface area contributed by atoms with Crippen molar-refractivity contribution in [3.63, 3.8) is 0 Å². The molecule has 0 saturated carbocycles. The van der Waals surface area contributed by atoms with Crippen molar-refractivity contribution < 1.29 is 9.59 Å². The van der Waals surface area contributed by atoms with Gasteiger partial charge in [-0.25, -0.2) is 0 Å². The molecule has 0 radical (unpaired) electrons. The Morgan fingerprint density at radius 3 is 2.83 bits per heavy atom. The molecular formula is C14H16N2O2. The van der Waals surface area contributed by atoms with Crippen molar-refractivity contribution in [2.24, 2.45) is 5.92 Å². The molecule has 2 aliphatic rings. The maximum absolute atomic E-state index is 12.4. The summed E-state index contributed by atoms with van der Waals surface area (Å²) in [6, 6.07) is 8.01. The van der Waals surface area contributed by atoms with Gasteiger partial charge in [-0.05, 0) is 18.1 Å². The first kappa shape index (κ1) is 11.3. The number of likely N-dealkylation sites (tertiary alicyclic amines) is 1. The highest BCUT2D eigenvalue weighted by Crippen LogP contribution is 2.30. The van der Waals surface area contributed by atoms with E-state index in [-0.39, 0.29) is 17.7 Å². The van der Waals surface area contributed by atoms with Crippen LogP contribution in [-0.2, 0) is 16.0 Å². The van der Waals surface area contributed by atoms with Gasteiger partial charge in [-0.1, -0.05) is 18.2 Å². The van der Waals surface area contributed by atoms with Crippen molar-refractivity contribution in [2.75, 3.05) is 25.0 Å². The zero-order valence-corrected chi connectivity index (χ0v) is 10.4. The van der Waals surface area contributed by atoms with Crippen LogP contribution in [0.25, 0.3) is 0 Å². The summed E-state index contributed by atoms with van der Waals surface area (Å²) in [6.07, 6.45) is 1.27. The molecule has 0 aliphatic carbocycles. The lowest BCUT2D eigenvalue weighted by Gasteiger charge is -2.20. The van der Waals surface area contributed by atoms with Crippen molar-refractivity contribution in [1.29, 1.82) is 0 Å². The van der Waals surface area contributed by atoms with E-state index in [2.05, 4.69) is 6.07 Å². The fourth-order valence-electron chi connectivity index (χ4n) is 2.82. The largest absolute Gasteiger partial charge is 0.345 e. The van der Waals surface area contributed by atoms with Gasteiger partial charge in [0.25, 0.3) is 0 Å². The molecule has 18 heavy (non-hydrogen) atoms. The van der Waals surface area contributed by atoms with Gasteiger partial charge in [-0.2, -0.15) is 0 Å². The average Bonchev–Trinajstić information content (AvgIpc) is 2.93. The number of amides is 2. The molecule has 4 heteroatoms. The van der Waals surface area contributed by atoms with E-state index in [9.17, 15) is 9.59 Å². The van der Waals surface area contributed by atoms with Crippen LogP contribution < -0.4 is 4.90 Å². The van der Waals surface area contributed by atoms with E-state index < -0.39 is 0 Å². The van der Waals surface area contributed by atoms with E-state index in [0.717, 1.165) is 18.7 Å². The molecule has 1 saturated heterocycles. The summed E-state index contributed by atoms with van der Waals surface area (Å²) < 4.78 is 0. The predicted octanol–water partition coefficient (Wildman–Crippen LogP) is 1.05. The number of carbonyl (C=O) groups excluding carboxylic acids is 2. The Bertz CT molecular complexity index is 512. The molecule has 1 aromatic rings. The maximum atomic E-state index is 12.4. The molecule has 2 heterocycles. The van der Waals surface area contributed by atoms with Crippen LogP contribution in [0.2, 0.25) is 0 Å². The van der Waals surface area contributed by atoms with Gasteiger partial charge in [0.15, 0.2) is 0 Å². The minimum absolute atomic E-state index is 0.0702. The van der Waals surface area contributed by atoms with E-state index in [1.54, 1.807) is 11.9 Å². The molecule has 0 N–H and O–H groups in total. The molecule has 1 atom stereocenters. The Morgan fingerprint density at radius 2 is 2.11 bits per heavy atom. The number of fused-ring (bicyclic) bond motifs is 1. The quantitative estimate of drug-likeness (QED) is 0.741. The second-order valence-electron chi connectivity index (χ2n) is 5.04. The third kappa shape index (κ3) is 1.68. The monoisotopic (exact) mass is 244 g/mol. The number of carbonyl (C=O) groups is 2. The summed E-state index contributed by atoms with van der Waals surface area (Å²) in [6.45, 7) is 1.29. The van der Waals surface area contributed by atoms with Crippen LogP contribution in [0, 0.1) is 5.92 Å². The molecule has 0 spiro atoms. The van der Waals surface area contributed by atoms with Gasteiger partial charge in [0.2, 0.25) is 11.8 Å². The van der Waals surface area contributed by atoms with E-state index in [1.165, 1.54) is 5.56 Å². The molecule has 2 amide bonds. The van der Waals surface area contributed by atoms with E-state index in [1.807, 2.05) is 23.1 Å². The van der Waals surface area contributed by atoms with Gasteiger partial charge in [-0.3, -0.25) is 9.59 Å². The van der Waals surface area contributed by atoms with Gasteiger partial charge in [0.1, 0.15) is 0 Å².